The number of hydrogen-bond donors (Lipinski definition) is 1. The summed E-state index contributed by atoms with van der Waals surface area (Å²) in [5.74, 6) is 1.73. The maximum atomic E-state index is 12.3. The number of aromatic nitrogens is 2. The Labute approximate surface area is 157 Å². The molecule has 0 saturated carbocycles. The number of carbonyl (C=O) groups is 1. The van der Waals surface area contributed by atoms with E-state index >= 15 is 0 Å². The van der Waals surface area contributed by atoms with E-state index in [0.717, 1.165) is 58.4 Å². The van der Waals surface area contributed by atoms with Crippen LogP contribution >= 0.6 is 24.8 Å². The third-order valence-electron chi connectivity index (χ3n) is 5.10. The lowest BCUT2D eigenvalue weighted by molar-refractivity contribution is -0.132. The molecule has 1 N–H and O–H groups in total. The lowest BCUT2D eigenvalue weighted by Crippen LogP contribution is -2.39. The van der Waals surface area contributed by atoms with Gasteiger partial charge in [-0.05, 0) is 63.1 Å². The van der Waals surface area contributed by atoms with Crippen LogP contribution < -0.4 is 5.32 Å². The number of likely N-dealkylation sites (tertiary alicyclic amines) is 1. The Kier molecular flexibility index (Phi) is 9.09. The van der Waals surface area contributed by atoms with Crippen molar-refractivity contribution in [2.75, 3.05) is 26.2 Å². The fourth-order valence-corrected chi connectivity index (χ4v) is 3.64. The molecule has 0 aliphatic carbocycles. The normalized spacial score (nSPS) is 21.2. The topological polar surface area (TPSA) is 50.2 Å². The van der Waals surface area contributed by atoms with Gasteiger partial charge in [0.15, 0.2) is 0 Å². The van der Waals surface area contributed by atoms with Crippen LogP contribution in [0.5, 0.6) is 0 Å². The number of hydrogen-bond acceptors (Lipinski definition) is 3. The molecule has 3 heterocycles. The third-order valence-corrected chi connectivity index (χ3v) is 5.10. The molecule has 7 heteroatoms. The van der Waals surface area contributed by atoms with Gasteiger partial charge < -0.3 is 10.2 Å². The fourth-order valence-electron chi connectivity index (χ4n) is 3.64. The lowest BCUT2D eigenvalue weighted by Gasteiger charge is -2.32. The molecule has 0 aromatic carbocycles. The molecule has 1 aromatic heterocycles. The van der Waals surface area contributed by atoms with Crippen molar-refractivity contribution >= 4 is 30.7 Å². The number of amides is 1. The van der Waals surface area contributed by atoms with Crippen LogP contribution in [0, 0.1) is 18.8 Å². The molecule has 0 spiro atoms. The lowest BCUT2D eigenvalue weighted by atomic mass is 9.96. The highest BCUT2D eigenvalue weighted by atomic mass is 35.5. The number of nitrogens with zero attached hydrogens (tertiary/aromatic N) is 3. The molecule has 1 unspecified atom stereocenters. The minimum atomic E-state index is 0. The minimum absolute atomic E-state index is 0. The summed E-state index contributed by atoms with van der Waals surface area (Å²) in [6.45, 7) is 7.13. The van der Waals surface area contributed by atoms with Gasteiger partial charge in [0.2, 0.25) is 5.91 Å². The van der Waals surface area contributed by atoms with Crippen molar-refractivity contribution in [3.63, 3.8) is 0 Å². The molecule has 1 atom stereocenters. The summed E-state index contributed by atoms with van der Waals surface area (Å²) in [4.78, 5) is 14.4. The van der Waals surface area contributed by atoms with Crippen molar-refractivity contribution in [2.45, 2.75) is 45.6 Å². The van der Waals surface area contributed by atoms with Crippen molar-refractivity contribution < 1.29 is 4.79 Å². The average Bonchev–Trinajstić information content (AvgIpc) is 3.17. The Hall–Kier alpha value is -0.780. The summed E-state index contributed by atoms with van der Waals surface area (Å²) in [6, 6.07) is 0. The molecule has 2 fully saturated rings. The summed E-state index contributed by atoms with van der Waals surface area (Å²) in [5.41, 5.74) is 1.22. The molecular weight excluding hydrogens is 347 g/mol. The van der Waals surface area contributed by atoms with E-state index in [1.807, 2.05) is 10.9 Å². The molecule has 2 saturated heterocycles. The summed E-state index contributed by atoms with van der Waals surface area (Å²) in [5, 5.41) is 7.74. The third kappa shape index (κ3) is 5.94. The van der Waals surface area contributed by atoms with Gasteiger partial charge in [0, 0.05) is 32.3 Å². The Morgan fingerprint density at radius 2 is 2.00 bits per heavy atom. The molecule has 1 amide bonds. The summed E-state index contributed by atoms with van der Waals surface area (Å²) in [7, 11) is 0. The number of nitrogens with one attached hydrogen (secondary N) is 1. The Balaban J connectivity index is 0.00000144. The zero-order chi connectivity index (χ0) is 15.4. The highest BCUT2D eigenvalue weighted by molar-refractivity contribution is 5.85. The zero-order valence-corrected chi connectivity index (χ0v) is 16.1. The maximum Gasteiger partial charge on any atom is 0.222 e. The Morgan fingerprint density at radius 3 is 2.58 bits per heavy atom. The molecule has 2 aliphatic heterocycles. The molecule has 0 radical (unpaired) electrons. The van der Waals surface area contributed by atoms with E-state index in [1.54, 1.807) is 0 Å². The van der Waals surface area contributed by atoms with Gasteiger partial charge in [-0.1, -0.05) is 0 Å². The van der Waals surface area contributed by atoms with E-state index in [1.165, 1.54) is 12.0 Å². The van der Waals surface area contributed by atoms with Gasteiger partial charge in [-0.3, -0.25) is 9.48 Å². The second kappa shape index (κ2) is 10.3. The number of piperidine rings is 1. The van der Waals surface area contributed by atoms with Crippen molar-refractivity contribution in [1.82, 2.24) is 20.0 Å². The Bertz CT molecular complexity index is 495. The van der Waals surface area contributed by atoms with Gasteiger partial charge in [0.05, 0.1) is 6.20 Å². The van der Waals surface area contributed by atoms with E-state index < -0.39 is 0 Å². The molecular formula is C17H30Cl2N4O. The number of aryl methyl sites for hydroxylation is 1. The van der Waals surface area contributed by atoms with E-state index in [0.29, 0.717) is 17.7 Å². The van der Waals surface area contributed by atoms with Gasteiger partial charge in [-0.25, -0.2) is 0 Å². The quantitative estimate of drug-likeness (QED) is 0.859. The first kappa shape index (κ1) is 21.3. The summed E-state index contributed by atoms with van der Waals surface area (Å²) >= 11 is 0. The van der Waals surface area contributed by atoms with Crippen molar-refractivity contribution in [1.29, 1.82) is 0 Å². The monoisotopic (exact) mass is 376 g/mol. The molecule has 2 aliphatic rings. The number of halogens is 2. The van der Waals surface area contributed by atoms with Crippen LogP contribution in [0.1, 0.15) is 37.7 Å². The minimum Gasteiger partial charge on any atom is -0.343 e. The summed E-state index contributed by atoms with van der Waals surface area (Å²) in [6.07, 6.45) is 9.25. The van der Waals surface area contributed by atoms with Crippen molar-refractivity contribution in [3.05, 3.63) is 18.0 Å². The molecule has 3 rings (SSSR count). The van der Waals surface area contributed by atoms with Crippen LogP contribution in [0.4, 0.5) is 0 Å². The van der Waals surface area contributed by atoms with Crippen LogP contribution in [0.3, 0.4) is 0 Å². The van der Waals surface area contributed by atoms with Crippen LogP contribution in [0.25, 0.3) is 0 Å². The second-order valence-electron chi connectivity index (χ2n) is 6.96. The first-order chi connectivity index (χ1) is 10.7. The second-order valence-corrected chi connectivity index (χ2v) is 6.96. The van der Waals surface area contributed by atoms with E-state index in [-0.39, 0.29) is 24.8 Å². The molecule has 138 valence electrons. The summed E-state index contributed by atoms with van der Waals surface area (Å²) < 4.78 is 2.05. The van der Waals surface area contributed by atoms with Crippen molar-refractivity contribution in [3.8, 4) is 0 Å². The van der Waals surface area contributed by atoms with Gasteiger partial charge in [-0.15, -0.1) is 24.8 Å². The van der Waals surface area contributed by atoms with Gasteiger partial charge >= 0.3 is 0 Å². The zero-order valence-electron chi connectivity index (χ0n) is 14.4. The number of rotatable bonds is 5. The highest BCUT2D eigenvalue weighted by Gasteiger charge is 2.24. The molecule has 0 bridgehead atoms. The van der Waals surface area contributed by atoms with Gasteiger partial charge in [0.1, 0.15) is 0 Å². The predicted molar refractivity (Wildman–Crippen MR) is 101 cm³/mol. The SMILES string of the molecule is Cc1cnn(CC2CCN(C(=O)CCC3CCNC3)CC2)c1.Cl.Cl. The highest BCUT2D eigenvalue weighted by Crippen LogP contribution is 2.21. The molecule has 5 nitrogen and oxygen atoms in total. The van der Waals surface area contributed by atoms with Crippen LogP contribution in [-0.2, 0) is 11.3 Å². The van der Waals surface area contributed by atoms with Crippen LogP contribution in [-0.4, -0.2) is 46.8 Å². The standard InChI is InChI=1S/C17H28N4O.2ClH/c1-14-10-19-21(12-14)13-16-5-8-20(9-6-16)17(22)3-2-15-4-7-18-11-15;;/h10,12,15-16,18H,2-9,11,13H2,1H3;2*1H. The first-order valence-electron chi connectivity index (χ1n) is 8.68. The van der Waals surface area contributed by atoms with Crippen molar-refractivity contribution in [2.24, 2.45) is 11.8 Å². The first-order valence-corrected chi connectivity index (χ1v) is 8.68. The van der Waals surface area contributed by atoms with Gasteiger partial charge in [0.25, 0.3) is 0 Å². The van der Waals surface area contributed by atoms with E-state index in [4.69, 9.17) is 0 Å². The van der Waals surface area contributed by atoms with Crippen LogP contribution in [0.2, 0.25) is 0 Å². The largest absolute Gasteiger partial charge is 0.343 e. The van der Waals surface area contributed by atoms with E-state index in [2.05, 4.69) is 28.4 Å². The molecule has 24 heavy (non-hydrogen) atoms. The predicted octanol–water partition coefficient (Wildman–Crippen LogP) is 2.66. The van der Waals surface area contributed by atoms with E-state index in [9.17, 15) is 4.79 Å². The van der Waals surface area contributed by atoms with Crippen LogP contribution in [0.15, 0.2) is 12.4 Å². The maximum absolute atomic E-state index is 12.3. The fraction of sp³-hybridized carbons (Fsp3) is 0.765. The van der Waals surface area contributed by atoms with Gasteiger partial charge in [-0.2, -0.15) is 5.10 Å². The smallest absolute Gasteiger partial charge is 0.222 e. The number of carbonyl (C=O) groups excluding carboxylic acids is 1. The molecule has 1 aromatic rings. The average molecular weight is 377 g/mol. The Morgan fingerprint density at radius 1 is 1.25 bits per heavy atom.